The SMILES string of the molecule is O=C1C(O)c2cccc(Cl)c2N1Cc1ccccc1. The highest BCUT2D eigenvalue weighted by molar-refractivity contribution is 6.34. The van der Waals surface area contributed by atoms with E-state index in [1.54, 1.807) is 18.2 Å². The van der Waals surface area contributed by atoms with Crippen LogP contribution in [-0.2, 0) is 11.3 Å². The second-order valence-corrected chi connectivity index (χ2v) is 4.90. The quantitative estimate of drug-likeness (QED) is 0.914. The van der Waals surface area contributed by atoms with E-state index in [9.17, 15) is 9.90 Å². The Balaban J connectivity index is 2.02. The molecule has 4 heteroatoms. The third-order valence-electron chi connectivity index (χ3n) is 3.27. The number of benzene rings is 2. The van der Waals surface area contributed by atoms with Gasteiger partial charge in [0.2, 0.25) is 0 Å². The molecule has 0 aromatic heterocycles. The summed E-state index contributed by atoms with van der Waals surface area (Å²) in [4.78, 5) is 13.7. The number of fused-ring (bicyclic) bond motifs is 1. The number of aliphatic hydroxyl groups is 1. The van der Waals surface area contributed by atoms with Gasteiger partial charge in [-0.3, -0.25) is 4.79 Å². The summed E-state index contributed by atoms with van der Waals surface area (Å²) >= 11 is 6.16. The van der Waals surface area contributed by atoms with Crippen molar-refractivity contribution in [2.45, 2.75) is 12.6 Å². The van der Waals surface area contributed by atoms with Crippen LogP contribution < -0.4 is 4.90 Å². The van der Waals surface area contributed by atoms with E-state index >= 15 is 0 Å². The monoisotopic (exact) mass is 273 g/mol. The van der Waals surface area contributed by atoms with Crippen LogP contribution in [0.25, 0.3) is 0 Å². The average Bonchev–Trinajstić information content (AvgIpc) is 2.67. The van der Waals surface area contributed by atoms with E-state index < -0.39 is 6.10 Å². The van der Waals surface area contributed by atoms with E-state index in [4.69, 9.17) is 11.6 Å². The molecule has 96 valence electrons. The fraction of sp³-hybridized carbons (Fsp3) is 0.133. The van der Waals surface area contributed by atoms with E-state index in [-0.39, 0.29) is 5.91 Å². The molecule has 1 N–H and O–H groups in total. The van der Waals surface area contributed by atoms with E-state index in [0.29, 0.717) is 22.8 Å². The fourth-order valence-electron chi connectivity index (χ4n) is 2.35. The van der Waals surface area contributed by atoms with Gasteiger partial charge in [-0.2, -0.15) is 0 Å². The Labute approximate surface area is 116 Å². The molecule has 1 aliphatic heterocycles. The Hall–Kier alpha value is -1.84. The highest BCUT2D eigenvalue weighted by atomic mass is 35.5. The first-order chi connectivity index (χ1) is 9.18. The molecule has 0 saturated heterocycles. The summed E-state index contributed by atoms with van der Waals surface area (Å²) in [6.45, 7) is 0.410. The summed E-state index contributed by atoms with van der Waals surface area (Å²) in [6.07, 6.45) is -1.11. The van der Waals surface area contributed by atoms with Gasteiger partial charge in [-0.1, -0.05) is 54.1 Å². The molecule has 1 unspecified atom stereocenters. The Bertz CT molecular complexity index is 627. The third-order valence-corrected chi connectivity index (χ3v) is 3.57. The number of aliphatic hydroxyl groups excluding tert-OH is 1. The first kappa shape index (κ1) is 12.2. The Morgan fingerprint density at radius 2 is 1.84 bits per heavy atom. The summed E-state index contributed by atoms with van der Waals surface area (Å²) in [6, 6.07) is 14.8. The van der Waals surface area contributed by atoms with E-state index in [1.165, 1.54) is 4.90 Å². The van der Waals surface area contributed by atoms with Crippen LogP contribution >= 0.6 is 11.6 Å². The van der Waals surface area contributed by atoms with Gasteiger partial charge in [0, 0.05) is 5.56 Å². The lowest BCUT2D eigenvalue weighted by Crippen LogP contribution is -2.28. The van der Waals surface area contributed by atoms with Crippen molar-refractivity contribution in [3.8, 4) is 0 Å². The maximum absolute atomic E-state index is 12.1. The van der Waals surface area contributed by atoms with Crippen molar-refractivity contribution in [1.29, 1.82) is 0 Å². The van der Waals surface area contributed by atoms with Crippen molar-refractivity contribution < 1.29 is 9.90 Å². The number of para-hydroxylation sites is 1. The van der Waals surface area contributed by atoms with Crippen LogP contribution in [0, 0.1) is 0 Å². The van der Waals surface area contributed by atoms with Gasteiger partial charge in [0.25, 0.3) is 5.91 Å². The Morgan fingerprint density at radius 1 is 1.11 bits per heavy atom. The molecule has 0 aliphatic carbocycles. The summed E-state index contributed by atoms with van der Waals surface area (Å²) < 4.78 is 0. The minimum absolute atomic E-state index is 0.327. The normalized spacial score (nSPS) is 17.7. The molecule has 0 radical (unpaired) electrons. The molecule has 0 spiro atoms. The number of nitrogens with zero attached hydrogens (tertiary/aromatic N) is 1. The van der Waals surface area contributed by atoms with Gasteiger partial charge < -0.3 is 10.0 Å². The van der Waals surface area contributed by atoms with Crippen LogP contribution in [0.1, 0.15) is 17.2 Å². The lowest BCUT2D eigenvalue weighted by atomic mass is 10.1. The molecule has 2 aromatic rings. The zero-order valence-corrected chi connectivity index (χ0v) is 10.8. The second kappa shape index (κ2) is 4.68. The number of halogens is 1. The van der Waals surface area contributed by atoms with Crippen molar-refractivity contribution in [2.24, 2.45) is 0 Å². The van der Waals surface area contributed by atoms with E-state index in [1.807, 2.05) is 30.3 Å². The maximum atomic E-state index is 12.1. The number of carbonyl (C=O) groups is 1. The van der Waals surface area contributed by atoms with E-state index in [2.05, 4.69) is 0 Å². The van der Waals surface area contributed by atoms with Gasteiger partial charge >= 0.3 is 0 Å². The predicted octanol–water partition coefficient (Wildman–Crippen LogP) is 2.92. The largest absolute Gasteiger partial charge is 0.378 e. The first-order valence-corrected chi connectivity index (χ1v) is 6.38. The highest BCUT2D eigenvalue weighted by Gasteiger charge is 2.37. The highest BCUT2D eigenvalue weighted by Crippen LogP contribution is 2.41. The number of hydrogen-bond donors (Lipinski definition) is 1. The number of rotatable bonds is 2. The van der Waals surface area contributed by atoms with Gasteiger partial charge in [0.05, 0.1) is 17.3 Å². The number of anilines is 1. The zero-order chi connectivity index (χ0) is 13.4. The molecular formula is C15H12ClNO2. The van der Waals surface area contributed by atoms with Crippen LogP contribution in [0.5, 0.6) is 0 Å². The molecule has 19 heavy (non-hydrogen) atoms. The molecule has 1 atom stereocenters. The second-order valence-electron chi connectivity index (χ2n) is 4.49. The van der Waals surface area contributed by atoms with Gasteiger partial charge in [-0.25, -0.2) is 0 Å². The Kier molecular flexibility index (Phi) is 3.01. The Morgan fingerprint density at radius 3 is 2.58 bits per heavy atom. The van der Waals surface area contributed by atoms with Crippen LogP contribution in [0.4, 0.5) is 5.69 Å². The van der Waals surface area contributed by atoms with Crippen LogP contribution in [-0.4, -0.2) is 11.0 Å². The predicted molar refractivity (Wildman–Crippen MR) is 74.0 cm³/mol. The van der Waals surface area contributed by atoms with Crippen molar-refractivity contribution in [3.05, 3.63) is 64.7 Å². The van der Waals surface area contributed by atoms with Crippen molar-refractivity contribution >= 4 is 23.2 Å². The standard InChI is InChI=1S/C15H12ClNO2/c16-12-8-4-7-11-13(12)17(15(19)14(11)18)9-10-5-2-1-3-6-10/h1-8,14,18H,9H2. The summed E-state index contributed by atoms with van der Waals surface area (Å²) in [5.41, 5.74) is 2.19. The minimum atomic E-state index is -1.11. The van der Waals surface area contributed by atoms with Crippen molar-refractivity contribution in [3.63, 3.8) is 0 Å². The molecule has 3 rings (SSSR count). The molecule has 0 bridgehead atoms. The summed E-state index contributed by atoms with van der Waals surface area (Å²) in [5.74, 6) is -0.327. The van der Waals surface area contributed by atoms with Gasteiger partial charge in [-0.15, -0.1) is 0 Å². The molecule has 1 amide bonds. The van der Waals surface area contributed by atoms with Crippen molar-refractivity contribution in [2.75, 3.05) is 4.90 Å². The molecule has 2 aromatic carbocycles. The molecule has 1 heterocycles. The van der Waals surface area contributed by atoms with Gasteiger partial charge in [0.1, 0.15) is 0 Å². The average molecular weight is 274 g/mol. The molecule has 3 nitrogen and oxygen atoms in total. The number of amides is 1. The molecular weight excluding hydrogens is 262 g/mol. The fourth-order valence-corrected chi connectivity index (χ4v) is 2.64. The third kappa shape index (κ3) is 2.01. The smallest absolute Gasteiger partial charge is 0.260 e. The lowest BCUT2D eigenvalue weighted by molar-refractivity contribution is -0.125. The van der Waals surface area contributed by atoms with Crippen molar-refractivity contribution in [1.82, 2.24) is 0 Å². The minimum Gasteiger partial charge on any atom is -0.378 e. The molecule has 1 aliphatic rings. The van der Waals surface area contributed by atoms with E-state index in [0.717, 1.165) is 5.56 Å². The number of hydrogen-bond acceptors (Lipinski definition) is 2. The lowest BCUT2D eigenvalue weighted by Gasteiger charge is -2.18. The number of carbonyl (C=O) groups excluding carboxylic acids is 1. The van der Waals surface area contributed by atoms with Crippen LogP contribution in [0.3, 0.4) is 0 Å². The summed E-state index contributed by atoms with van der Waals surface area (Å²) in [7, 11) is 0. The van der Waals surface area contributed by atoms with Crippen LogP contribution in [0.15, 0.2) is 48.5 Å². The molecule has 0 saturated carbocycles. The first-order valence-electron chi connectivity index (χ1n) is 6.00. The molecule has 0 fully saturated rings. The topological polar surface area (TPSA) is 40.5 Å². The van der Waals surface area contributed by atoms with Gasteiger partial charge in [-0.05, 0) is 11.6 Å². The summed E-state index contributed by atoms with van der Waals surface area (Å²) in [5, 5.41) is 10.5. The zero-order valence-electron chi connectivity index (χ0n) is 10.1. The van der Waals surface area contributed by atoms with Crippen LogP contribution in [0.2, 0.25) is 5.02 Å². The maximum Gasteiger partial charge on any atom is 0.260 e. The van der Waals surface area contributed by atoms with Gasteiger partial charge in [0.15, 0.2) is 6.10 Å².